The van der Waals surface area contributed by atoms with Gasteiger partial charge in [-0.25, -0.2) is 13.8 Å². The van der Waals surface area contributed by atoms with E-state index >= 15 is 0 Å². The van der Waals surface area contributed by atoms with Crippen LogP contribution in [0.25, 0.3) is 11.0 Å². The number of rotatable bonds is 6. The first-order valence-corrected chi connectivity index (χ1v) is 10.7. The zero-order chi connectivity index (χ0) is 21.3. The van der Waals surface area contributed by atoms with Crippen LogP contribution >= 0.6 is 0 Å². The molecule has 0 unspecified atom stereocenters. The molecule has 0 radical (unpaired) electrons. The molecule has 3 aromatic rings. The van der Waals surface area contributed by atoms with Crippen LogP contribution in [-0.4, -0.2) is 38.1 Å². The maximum absolute atomic E-state index is 13.3. The summed E-state index contributed by atoms with van der Waals surface area (Å²) in [6.07, 6.45) is 0.0648. The van der Waals surface area contributed by atoms with Crippen LogP contribution in [0.4, 0.5) is 17.6 Å². The van der Waals surface area contributed by atoms with Gasteiger partial charge in [0.15, 0.2) is 11.8 Å². The van der Waals surface area contributed by atoms with Gasteiger partial charge in [-0.15, -0.1) is 0 Å². The van der Waals surface area contributed by atoms with Crippen LogP contribution < -0.4 is 4.74 Å². The lowest BCUT2D eigenvalue weighted by molar-refractivity contribution is -0.148. The van der Waals surface area contributed by atoms with Gasteiger partial charge in [-0.3, -0.25) is 9.19 Å². The number of nitrogens with zero attached hydrogens (tertiary/aromatic N) is 2. The average molecular weight is 441 g/mol. The van der Waals surface area contributed by atoms with Crippen molar-refractivity contribution in [3.05, 3.63) is 47.8 Å². The van der Waals surface area contributed by atoms with E-state index in [-0.39, 0.29) is 5.75 Å². The summed E-state index contributed by atoms with van der Waals surface area (Å²) >= 11 is 0. The molecular weight excluding hydrogens is 422 g/mol. The molecular formula is C20H19F4N3O2S. The maximum Gasteiger partial charge on any atom is 0.340 e. The number of alkyl halides is 4. The molecule has 0 bridgehead atoms. The first-order valence-electron chi connectivity index (χ1n) is 9.48. The average Bonchev–Trinajstić information content (AvgIpc) is 3.04. The van der Waals surface area contributed by atoms with Gasteiger partial charge in [0.05, 0.1) is 32.8 Å². The van der Waals surface area contributed by atoms with Gasteiger partial charge >= 0.3 is 12.3 Å². The van der Waals surface area contributed by atoms with E-state index in [1.54, 1.807) is 6.07 Å². The minimum absolute atomic E-state index is 0.0776. The third-order valence-electron chi connectivity index (χ3n) is 5.05. The molecule has 2 atom stereocenters. The van der Waals surface area contributed by atoms with Crippen molar-refractivity contribution in [2.75, 3.05) is 6.61 Å². The van der Waals surface area contributed by atoms with Gasteiger partial charge in [-0.1, -0.05) is 18.6 Å². The highest BCUT2D eigenvalue weighted by atomic mass is 32.2. The summed E-state index contributed by atoms with van der Waals surface area (Å²) in [4.78, 5) is 11.8. The second-order valence-electron chi connectivity index (χ2n) is 7.11. The number of benzene rings is 1. The summed E-state index contributed by atoms with van der Waals surface area (Å²) in [5.74, 6) is -4.17. The number of ether oxygens (including phenoxy) is 1. The highest BCUT2D eigenvalue weighted by Crippen LogP contribution is 2.38. The second kappa shape index (κ2) is 8.33. The summed E-state index contributed by atoms with van der Waals surface area (Å²) in [6.45, 7) is -1.43. The first-order chi connectivity index (χ1) is 14.4. The van der Waals surface area contributed by atoms with Crippen LogP contribution in [0.2, 0.25) is 0 Å². The minimum atomic E-state index is -4.25. The van der Waals surface area contributed by atoms with E-state index in [0.717, 1.165) is 11.9 Å². The quantitative estimate of drug-likeness (QED) is 0.440. The predicted molar refractivity (Wildman–Crippen MR) is 103 cm³/mol. The molecule has 1 aliphatic carbocycles. The van der Waals surface area contributed by atoms with Crippen molar-refractivity contribution in [2.45, 2.75) is 48.4 Å². The summed E-state index contributed by atoms with van der Waals surface area (Å²) in [5.41, 5.74) is 2.46. The van der Waals surface area contributed by atoms with Gasteiger partial charge in [-0.2, -0.15) is 8.78 Å². The maximum atomic E-state index is 13.3. The van der Waals surface area contributed by atoms with E-state index in [1.807, 2.05) is 18.2 Å². The van der Waals surface area contributed by atoms with Gasteiger partial charge in [0, 0.05) is 11.8 Å². The Morgan fingerprint density at radius 1 is 1.23 bits per heavy atom. The van der Waals surface area contributed by atoms with E-state index in [9.17, 15) is 21.8 Å². The summed E-state index contributed by atoms with van der Waals surface area (Å²) in [7, 11) is -1.56. The number of H-pyrrole nitrogens is 1. The van der Waals surface area contributed by atoms with E-state index in [4.69, 9.17) is 4.74 Å². The predicted octanol–water partition coefficient (Wildman–Crippen LogP) is 4.81. The highest BCUT2D eigenvalue weighted by molar-refractivity contribution is 7.85. The van der Waals surface area contributed by atoms with Crippen molar-refractivity contribution in [3.63, 3.8) is 0 Å². The number of halogens is 4. The Balaban J connectivity index is 1.65. The number of fused-ring (bicyclic) bond motifs is 2. The molecule has 5 nitrogen and oxygen atoms in total. The lowest BCUT2D eigenvalue weighted by Gasteiger charge is -2.20. The van der Waals surface area contributed by atoms with Crippen molar-refractivity contribution in [3.8, 4) is 5.75 Å². The third kappa shape index (κ3) is 4.05. The van der Waals surface area contributed by atoms with E-state index in [2.05, 4.69) is 15.0 Å². The molecule has 2 heterocycles. The molecule has 4 rings (SSSR count). The topological polar surface area (TPSA) is 67.9 Å². The van der Waals surface area contributed by atoms with E-state index < -0.39 is 35.0 Å². The van der Waals surface area contributed by atoms with Crippen molar-refractivity contribution in [1.82, 2.24) is 15.0 Å². The molecule has 0 saturated carbocycles. The molecule has 0 saturated heterocycles. The Bertz CT molecular complexity index is 1040. The standard InChI is InChI=1S/C20H19F4N3O2S/c21-18(22)20(23,24)11-29-15-9-10-25-17-12(15)5-1-4-8-16(17)30(28)19-26-13-6-2-3-7-14(13)27-19/h2-3,6-7,9-10,16,18H,1,4-5,8,11H2,(H,26,27)/t16-,30+/m1/s1. The van der Waals surface area contributed by atoms with Crippen LogP contribution in [0.5, 0.6) is 5.75 Å². The van der Waals surface area contributed by atoms with Crippen LogP contribution in [0.15, 0.2) is 41.7 Å². The zero-order valence-corrected chi connectivity index (χ0v) is 16.6. The highest BCUT2D eigenvalue weighted by Gasteiger charge is 2.42. The van der Waals surface area contributed by atoms with E-state index in [1.165, 1.54) is 12.3 Å². The first kappa shape index (κ1) is 20.8. The molecule has 10 heteroatoms. The Morgan fingerprint density at radius 2 is 2.03 bits per heavy atom. The molecule has 0 aliphatic heterocycles. The molecule has 160 valence electrons. The summed E-state index contributed by atoms with van der Waals surface area (Å²) in [6, 6.07) is 8.69. The van der Waals surface area contributed by atoms with E-state index in [0.29, 0.717) is 41.2 Å². The number of pyridine rings is 1. The molecule has 0 spiro atoms. The van der Waals surface area contributed by atoms with Gasteiger partial charge in [0.1, 0.15) is 5.75 Å². The van der Waals surface area contributed by atoms with Crippen molar-refractivity contribution in [1.29, 1.82) is 0 Å². The number of aromatic nitrogens is 3. The van der Waals surface area contributed by atoms with Crippen LogP contribution in [0.1, 0.15) is 35.8 Å². The summed E-state index contributed by atoms with van der Waals surface area (Å²) < 4.78 is 70.0. The molecule has 0 fully saturated rings. The Kier molecular flexibility index (Phi) is 5.77. The molecule has 2 aromatic heterocycles. The fourth-order valence-electron chi connectivity index (χ4n) is 3.53. The van der Waals surface area contributed by atoms with Gasteiger partial charge in [-0.05, 0) is 37.5 Å². The van der Waals surface area contributed by atoms with Crippen molar-refractivity contribution < 1.29 is 26.5 Å². The molecule has 1 N–H and O–H groups in total. The van der Waals surface area contributed by atoms with Gasteiger partial charge < -0.3 is 9.72 Å². The number of aromatic amines is 1. The second-order valence-corrected chi connectivity index (χ2v) is 8.66. The number of imidazole rings is 1. The lowest BCUT2D eigenvalue weighted by Crippen LogP contribution is -2.34. The third-order valence-corrected chi connectivity index (χ3v) is 6.60. The monoisotopic (exact) mass is 441 g/mol. The molecule has 0 amide bonds. The van der Waals surface area contributed by atoms with Crippen LogP contribution in [0.3, 0.4) is 0 Å². The van der Waals surface area contributed by atoms with Crippen molar-refractivity contribution in [2.24, 2.45) is 0 Å². The SMILES string of the molecule is O=[S@](c1nc2ccccc2[nH]1)[C@@H]1CCCCc2c(OCC(F)(F)C(F)F)ccnc21. The number of hydrogen-bond donors (Lipinski definition) is 1. The largest absolute Gasteiger partial charge is 0.487 e. The number of para-hydroxylation sites is 2. The van der Waals surface area contributed by atoms with Crippen LogP contribution in [-0.2, 0) is 17.2 Å². The fourth-order valence-corrected chi connectivity index (χ4v) is 4.98. The Morgan fingerprint density at radius 3 is 2.80 bits per heavy atom. The molecule has 30 heavy (non-hydrogen) atoms. The van der Waals surface area contributed by atoms with Gasteiger partial charge in [0.25, 0.3) is 0 Å². The van der Waals surface area contributed by atoms with Crippen LogP contribution in [0, 0.1) is 0 Å². The minimum Gasteiger partial charge on any atom is -0.487 e. The Labute approximate surface area is 172 Å². The summed E-state index contributed by atoms with van der Waals surface area (Å²) in [5, 5.41) is -0.200. The number of hydrogen-bond acceptors (Lipinski definition) is 4. The fraction of sp³-hybridized carbons (Fsp3) is 0.400. The van der Waals surface area contributed by atoms with Crippen molar-refractivity contribution >= 4 is 21.8 Å². The normalized spacial score (nSPS) is 18.2. The Hall–Kier alpha value is -2.49. The molecule has 1 aromatic carbocycles. The zero-order valence-electron chi connectivity index (χ0n) is 15.8. The smallest absolute Gasteiger partial charge is 0.340 e. The number of nitrogens with one attached hydrogen (secondary N) is 1. The lowest BCUT2D eigenvalue weighted by atomic mass is 10.1. The molecule has 1 aliphatic rings. The van der Waals surface area contributed by atoms with Gasteiger partial charge in [0.2, 0.25) is 0 Å².